The molecule has 4 nitrogen and oxygen atoms in total. The van der Waals surface area contributed by atoms with Crippen LogP contribution in [0.25, 0.3) is 0 Å². The first-order chi connectivity index (χ1) is 6.25. The van der Waals surface area contributed by atoms with Gasteiger partial charge >= 0.3 is 5.97 Å². The van der Waals surface area contributed by atoms with Gasteiger partial charge in [-0.1, -0.05) is 0 Å². The minimum atomic E-state index is -0.930. The van der Waals surface area contributed by atoms with Gasteiger partial charge in [-0.3, -0.25) is 0 Å². The van der Waals surface area contributed by atoms with Crippen molar-refractivity contribution in [3.63, 3.8) is 0 Å². The molecule has 1 saturated heterocycles. The second-order valence-electron chi connectivity index (χ2n) is 2.94. The third-order valence-corrected chi connectivity index (χ3v) is 2.17. The minimum Gasteiger partial charge on any atom is -0.479 e. The van der Waals surface area contributed by atoms with Gasteiger partial charge in [-0.05, 0) is 6.42 Å². The van der Waals surface area contributed by atoms with Crippen molar-refractivity contribution in [2.45, 2.75) is 12.5 Å². The Hall–Kier alpha value is -0.320. The monoisotopic (exact) mass is 208 g/mol. The Morgan fingerprint density at radius 2 is 2.54 bits per heavy atom. The number of rotatable bonds is 5. The normalized spacial score (nSPS) is 24.5. The van der Waals surface area contributed by atoms with Crippen LogP contribution in [-0.2, 0) is 14.3 Å². The van der Waals surface area contributed by atoms with E-state index in [-0.39, 0.29) is 12.5 Å². The summed E-state index contributed by atoms with van der Waals surface area (Å²) in [5.41, 5.74) is 0. The van der Waals surface area contributed by atoms with Crippen molar-refractivity contribution in [3.8, 4) is 0 Å². The van der Waals surface area contributed by atoms with Crippen LogP contribution in [0.2, 0.25) is 0 Å². The largest absolute Gasteiger partial charge is 0.479 e. The van der Waals surface area contributed by atoms with Crippen molar-refractivity contribution in [2.24, 2.45) is 5.92 Å². The Bertz CT molecular complexity index is 168. The Morgan fingerprint density at radius 1 is 1.77 bits per heavy atom. The maximum atomic E-state index is 10.8. The van der Waals surface area contributed by atoms with Crippen molar-refractivity contribution in [3.05, 3.63) is 0 Å². The molecule has 76 valence electrons. The van der Waals surface area contributed by atoms with Gasteiger partial charge in [0.05, 0.1) is 13.2 Å². The van der Waals surface area contributed by atoms with Crippen LogP contribution in [0.5, 0.6) is 0 Å². The molecular weight excluding hydrogens is 196 g/mol. The fraction of sp³-hybridized carbons (Fsp3) is 0.875. The summed E-state index contributed by atoms with van der Waals surface area (Å²) in [6.45, 7) is 1.37. The van der Waals surface area contributed by atoms with Crippen LogP contribution in [-0.4, -0.2) is 42.9 Å². The van der Waals surface area contributed by atoms with E-state index in [4.69, 9.17) is 26.2 Å². The molecule has 1 aliphatic rings. The number of carboxylic acid groups (broad SMARTS) is 1. The number of halogens is 1. The highest BCUT2D eigenvalue weighted by molar-refractivity contribution is 6.17. The predicted octanol–water partition coefficient (Wildman–Crippen LogP) is 0.732. The van der Waals surface area contributed by atoms with Crippen LogP contribution in [0.1, 0.15) is 6.42 Å². The van der Waals surface area contributed by atoms with Gasteiger partial charge in [0.15, 0.2) is 6.10 Å². The Morgan fingerprint density at radius 3 is 3.00 bits per heavy atom. The second kappa shape index (κ2) is 5.42. The Kier molecular flexibility index (Phi) is 4.48. The molecule has 0 aromatic heterocycles. The lowest BCUT2D eigenvalue weighted by Gasteiger charge is -2.17. The summed E-state index contributed by atoms with van der Waals surface area (Å²) in [6.07, 6.45) is -0.0135. The zero-order valence-corrected chi connectivity index (χ0v) is 8.00. The molecule has 0 radical (unpaired) electrons. The van der Waals surface area contributed by atoms with Crippen LogP contribution in [0.15, 0.2) is 0 Å². The molecule has 1 heterocycles. The lowest BCUT2D eigenvalue weighted by atomic mass is 10.0. The lowest BCUT2D eigenvalue weighted by molar-refractivity contribution is -0.153. The second-order valence-corrected chi connectivity index (χ2v) is 3.32. The van der Waals surface area contributed by atoms with Crippen molar-refractivity contribution < 1.29 is 19.4 Å². The first-order valence-corrected chi connectivity index (χ1v) is 4.77. The first kappa shape index (κ1) is 10.8. The molecule has 1 aliphatic heterocycles. The maximum absolute atomic E-state index is 10.8. The van der Waals surface area contributed by atoms with Crippen LogP contribution in [0, 0.1) is 5.92 Å². The highest BCUT2D eigenvalue weighted by Crippen LogP contribution is 2.19. The van der Waals surface area contributed by atoms with Crippen molar-refractivity contribution in [1.29, 1.82) is 0 Å². The van der Waals surface area contributed by atoms with E-state index >= 15 is 0 Å². The van der Waals surface area contributed by atoms with Crippen molar-refractivity contribution >= 4 is 17.6 Å². The Balaban J connectivity index is 2.40. The molecule has 1 fully saturated rings. The van der Waals surface area contributed by atoms with Crippen LogP contribution in [0.3, 0.4) is 0 Å². The van der Waals surface area contributed by atoms with E-state index < -0.39 is 12.1 Å². The molecule has 0 spiro atoms. The number of hydrogen-bond acceptors (Lipinski definition) is 3. The molecule has 0 amide bonds. The molecule has 0 aromatic rings. The molecular formula is C8H13ClO4. The quantitative estimate of drug-likeness (QED) is 0.677. The summed E-state index contributed by atoms with van der Waals surface area (Å²) < 4.78 is 10.2. The number of carbonyl (C=O) groups is 1. The van der Waals surface area contributed by atoms with Gasteiger partial charge in [0.25, 0.3) is 0 Å². The number of carboxylic acids is 1. The van der Waals surface area contributed by atoms with E-state index in [0.717, 1.165) is 6.42 Å². The van der Waals surface area contributed by atoms with Gasteiger partial charge < -0.3 is 14.6 Å². The third-order valence-electron chi connectivity index (χ3n) is 2.01. The highest BCUT2D eigenvalue weighted by atomic mass is 35.5. The van der Waals surface area contributed by atoms with Gasteiger partial charge in [-0.25, -0.2) is 4.79 Å². The average molecular weight is 209 g/mol. The fourth-order valence-electron chi connectivity index (χ4n) is 1.37. The van der Waals surface area contributed by atoms with Gasteiger partial charge in [-0.15, -0.1) is 11.6 Å². The molecule has 0 aliphatic carbocycles. The van der Waals surface area contributed by atoms with Crippen LogP contribution in [0.4, 0.5) is 0 Å². The maximum Gasteiger partial charge on any atom is 0.333 e. The van der Waals surface area contributed by atoms with Gasteiger partial charge in [0.1, 0.15) is 0 Å². The molecule has 0 aromatic carbocycles. The molecule has 5 heteroatoms. The molecule has 1 rings (SSSR count). The van der Waals surface area contributed by atoms with E-state index in [0.29, 0.717) is 19.1 Å². The van der Waals surface area contributed by atoms with Crippen molar-refractivity contribution in [1.82, 2.24) is 0 Å². The zero-order valence-electron chi connectivity index (χ0n) is 7.24. The van der Waals surface area contributed by atoms with E-state index in [1.165, 1.54) is 0 Å². The summed E-state index contributed by atoms with van der Waals surface area (Å²) in [7, 11) is 0. The third kappa shape index (κ3) is 3.14. The van der Waals surface area contributed by atoms with E-state index in [2.05, 4.69) is 0 Å². The molecule has 0 bridgehead atoms. The molecule has 2 unspecified atom stereocenters. The van der Waals surface area contributed by atoms with E-state index in [1.807, 2.05) is 0 Å². The number of hydrogen-bond donors (Lipinski definition) is 1. The lowest BCUT2D eigenvalue weighted by Crippen LogP contribution is -2.33. The molecule has 1 N–H and O–H groups in total. The molecule has 0 saturated carbocycles. The first-order valence-electron chi connectivity index (χ1n) is 4.24. The molecule has 2 atom stereocenters. The number of aliphatic carboxylic acids is 1. The predicted molar refractivity (Wildman–Crippen MR) is 47.0 cm³/mol. The van der Waals surface area contributed by atoms with Crippen LogP contribution >= 0.6 is 11.6 Å². The highest BCUT2D eigenvalue weighted by Gasteiger charge is 2.31. The van der Waals surface area contributed by atoms with Gasteiger partial charge in [-0.2, -0.15) is 0 Å². The summed E-state index contributed by atoms with van der Waals surface area (Å²) in [4.78, 5) is 10.8. The summed E-state index contributed by atoms with van der Waals surface area (Å²) in [5, 5.41) is 8.84. The van der Waals surface area contributed by atoms with Gasteiger partial charge in [0.2, 0.25) is 0 Å². The average Bonchev–Trinajstić information content (AvgIpc) is 2.57. The fourth-order valence-corrected chi connectivity index (χ4v) is 1.46. The summed E-state index contributed by atoms with van der Waals surface area (Å²) in [5.74, 6) is -0.640. The zero-order chi connectivity index (χ0) is 9.68. The minimum absolute atomic E-state index is 0.0271. The van der Waals surface area contributed by atoms with E-state index in [1.54, 1.807) is 0 Å². The topological polar surface area (TPSA) is 55.8 Å². The number of alkyl halides is 1. The summed E-state index contributed by atoms with van der Waals surface area (Å²) >= 11 is 5.41. The van der Waals surface area contributed by atoms with Gasteiger partial charge in [0, 0.05) is 18.4 Å². The van der Waals surface area contributed by atoms with Crippen LogP contribution < -0.4 is 0 Å². The van der Waals surface area contributed by atoms with Crippen molar-refractivity contribution in [2.75, 3.05) is 25.7 Å². The number of ether oxygens (including phenoxy) is 2. The SMILES string of the molecule is O=C(O)C(OCCCl)C1CCOC1. The summed E-state index contributed by atoms with van der Waals surface area (Å²) in [6, 6.07) is 0. The smallest absolute Gasteiger partial charge is 0.333 e. The Labute approximate surface area is 81.8 Å². The standard InChI is InChI=1S/C8H13ClO4/c9-2-4-13-7(8(10)11)6-1-3-12-5-6/h6-7H,1-5H2,(H,10,11). The van der Waals surface area contributed by atoms with E-state index in [9.17, 15) is 4.79 Å². The molecule has 13 heavy (non-hydrogen) atoms.